The van der Waals surface area contributed by atoms with E-state index in [0.717, 1.165) is 49.7 Å². The van der Waals surface area contributed by atoms with Crippen molar-refractivity contribution in [1.82, 2.24) is 14.8 Å². The molecule has 6 atom stereocenters. The van der Waals surface area contributed by atoms with Crippen LogP contribution >= 0.6 is 0 Å². The first-order valence-electron chi connectivity index (χ1n) is 13.2. The fraction of sp³-hybridized carbons (Fsp3) is 0.500. The van der Waals surface area contributed by atoms with Gasteiger partial charge in [0, 0.05) is 42.8 Å². The number of H-pyrrole nitrogens is 1. The monoisotopic (exact) mass is 455 g/mol. The largest absolute Gasteiger partial charge is 0.361 e. The maximum Gasteiger partial charge on any atom is 0.230 e. The number of allylic oxidation sites excluding steroid dienone is 4. The molecule has 0 radical (unpaired) electrons. The quantitative estimate of drug-likeness (QED) is 0.639. The van der Waals surface area contributed by atoms with Gasteiger partial charge in [-0.3, -0.25) is 9.69 Å². The molecule has 0 spiro atoms. The van der Waals surface area contributed by atoms with Gasteiger partial charge in [-0.05, 0) is 86.6 Å². The number of nitrogens with one attached hydrogen (secondary N) is 1. The van der Waals surface area contributed by atoms with Crippen LogP contribution in [0.3, 0.4) is 0 Å². The van der Waals surface area contributed by atoms with Crippen molar-refractivity contribution in [3.63, 3.8) is 0 Å². The first-order valence-corrected chi connectivity index (χ1v) is 13.2. The molecule has 5 aliphatic rings. The van der Waals surface area contributed by atoms with Crippen LogP contribution in [0.5, 0.6) is 0 Å². The second kappa shape index (κ2) is 8.57. The lowest BCUT2D eigenvalue weighted by Gasteiger charge is -2.40. The van der Waals surface area contributed by atoms with Gasteiger partial charge in [-0.2, -0.15) is 0 Å². The molecule has 178 valence electrons. The van der Waals surface area contributed by atoms with Gasteiger partial charge < -0.3 is 9.88 Å². The standard InChI is InChI=1S/C20H25N3O.C10H12/c1-4-23(5-2)20(24)14-9-16-15-7-6-8-17-19(15)13(11-21-17)10-18(16)22(3)12-14;1-2-9-7-4-5-8(6-7)10(9)3-1/h6-9,11,14,18,21H,4-5,10,12H2,1-3H3;1-2,4-5,7-10H,3,6H2/t14-,18-;/m1./s1. The minimum absolute atomic E-state index is 0.0445. The van der Waals surface area contributed by atoms with Crippen LogP contribution in [0.4, 0.5) is 0 Å². The van der Waals surface area contributed by atoms with E-state index in [4.69, 9.17) is 0 Å². The summed E-state index contributed by atoms with van der Waals surface area (Å²) < 4.78 is 0. The third-order valence-corrected chi connectivity index (χ3v) is 9.12. The predicted octanol–water partition coefficient (Wildman–Crippen LogP) is 5.29. The van der Waals surface area contributed by atoms with E-state index in [1.807, 2.05) is 4.90 Å². The Morgan fingerprint density at radius 1 is 1.15 bits per heavy atom. The lowest BCUT2D eigenvalue weighted by atomic mass is 9.79. The molecule has 2 heterocycles. The average Bonchev–Trinajstić information content (AvgIpc) is 3.64. The van der Waals surface area contributed by atoms with Crippen LogP contribution in [-0.4, -0.2) is 53.4 Å². The zero-order valence-electron chi connectivity index (χ0n) is 20.7. The van der Waals surface area contributed by atoms with Crippen LogP contribution in [0.15, 0.2) is 54.8 Å². The number of hydrogen-bond acceptors (Lipinski definition) is 2. The molecular weight excluding hydrogens is 418 g/mol. The van der Waals surface area contributed by atoms with Crippen molar-refractivity contribution >= 4 is 22.4 Å². The molecule has 4 heteroatoms. The lowest BCUT2D eigenvalue weighted by molar-refractivity contribution is -0.134. The van der Waals surface area contributed by atoms with E-state index < -0.39 is 0 Å². The Kier molecular flexibility index (Phi) is 5.52. The highest BCUT2D eigenvalue weighted by Crippen LogP contribution is 2.52. The Bertz CT molecular complexity index is 1180. The molecule has 0 saturated heterocycles. The lowest BCUT2D eigenvalue weighted by Crippen LogP contribution is -2.47. The topological polar surface area (TPSA) is 39.3 Å². The SMILES string of the molecule is C1=CC2C3C=CC(C3)C2C1.CCN(CC)C(=O)[C@@H]1C=C2c3cccc4[nH]cc(c34)C[C@H]2N(C)C1. The number of carbonyl (C=O) groups excluding carboxylic acids is 1. The number of hydrogen-bond donors (Lipinski definition) is 1. The minimum Gasteiger partial charge on any atom is -0.361 e. The van der Waals surface area contributed by atoms with Gasteiger partial charge in [0.25, 0.3) is 0 Å². The van der Waals surface area contributed by atoms with E-state index in [9.17, 15) is 4.79 Å². The molecule has 4 unspecified atom stereocenters. The van der Waals surface area contributed by atoms with Crippen molar-refractivity contribution in [1.29, 1.82) is 0 Å². The highest BCUT2D eigenvalue weighted by Gasteiger charge is 2.44. The highest BCUT2D eigenvalue weighted by atomic mass is 16.2. The summed E-state index contributed by atoms with van der Waals surface area (Å²) in [5.74, 6) is 4.03. The van der Waals surface area contributed by atoms with Crippen molar-refractivity contribution in [2.75, 3.05) is 26.7 Å². The molecule has 1 fully saturated rings. The number of aromatic nitrogens is 1. The van der Waals surface area contributed by atoms with Gasteiger partial charge in [-0.25, -0.2) is 0 Å². The fourth-order valence-electron chi connectivity index (χ4n) is 7.35. The van der Waals surface area contributed by atoms with Crippen LogP contribution in [-0.2, 0) is 11.2 Å². The molecule has 7 rings (SSSR count). The number of rotatable bonds is 3. The van der Waals surface area contributed by atoms with Gasteiger partial charge in [-0.15, -0.1) is 0 Å². The molecular formula is C30H37N3O. The normalized spacial score (nSPS) is 32.3. The number of carbonyl (C=O) groups is 1. The van der Waals surface area contributed by atoms with E-state index in [-0.39, 0.29) is 11.8 Å². The summed E-state index contributed by atoms with van der Waals surface area (Å²) in [7, 11) is 2.15. The van der Waals surface area contributed by atoms with E-state index in [2.05, 4.69) is 85.6 Å². The minimum atomic E-state index is -0.0445. The van der Waals surface area contributed by atoms with Crippen LogP contribution in [0.2, 0.25) is 0 Å². The molecule has 4 aliphatic carbocycles. The first-order chi connectivity index (χ1) is 16.6. The Morgan fingerprint density at radius 3 is 2.76 bits per heavy atom. The van der Waals surface area contributed by atoms with Crippen LogP contribution < -0.4 is 0 Å². The summed E-state index contributed by atoms with van der Waals surface area (Å²) in [4.78, 5) is 20.6. The van der Waals surface area contributed by atoms with Gasteiger partial charge in [-0.1, -0.05) is 42.5 Å². The Morgan fingerprint density at radius 2 is 1.97 bits per heavy atom. The van der Waals surface area contributed by atoms with Gasteiger partial charge in [0.1, 0.15) is 0 Å². The van der Waals surface area contributed by atoms with Crippen molar-refractivity contribution < 1.29 is 4.79 Å². The molecule has 1 aromatic heterocycles. The maximum atomic E-state index is 12.9. The molecule has 1 aromatic carbocycles. The fourth-order valence-corrected chi connectivity index (χ4v) is 7.35. The Balaban J connectivity index is 0.000000178. The Hall–Kier alpha value is -2.59. The van der Waals surface area contributed by atoms with Gasteiger partial charge >= 0.3 is 0 Å². The summed E-state index contributed by atoms with van der Waals surface area (Å²) in [5.41, 5.74) is 5.21. The maximum absolute atomic E-state index is 12.9. The summed E-state index contributed by atoms with van der Waals surface area (Å²) in [5, 5.41) is 1.34. The van der Waals surface area contributed by atoms with Crippen molar-refractivity contribution in [2.24, 2.45) is 29.6 Å². The average molecular weight is 456 g/mol. The third kappa shape index (κ3) is 3.41. The van der Waals surface area contributed by atoms with E-state index in [0.29, 0.717) is 6.04 Å². The van der Waals surface area contributed by atoms with Gasteiger partial charge in [0.15, 0.2) is 0 Å². The van der Waals surface area contributed by atoms with E-state index in [1.165, 1.54) is 40.4 Å². The van der Waals surface area contributed by atoms with E-state index in [1.54, 1.807) is 0 Å². The smallest absolute Gasteiger partial charge is 0.230 e. The zero-order valence-corrected chi connectivity index (χ0v) is 20.7. The number of benzene rings is 1. The molecule has 1 saturated carbocycles. The number of amides is 1. The number of fused-ring (bicyclic) bond motifs is 7. The van der Waals surface area contributed by atoms with Gasteiger partial charge in [0.2, 0.25) is 5.91 Å². The summed E-state index contributed by atoms with van der Waals surface area (Å²) in [6.45, 7) is 6.47. The molecule has 2 aromatic rings. The van der Waals surface area contributed by atoms with Crippen LogP contribution in [0, 0.1) is 29.6 Å². The second-order valence-electron chi connectivity index (χ2n) is 10.8. The van der Waals surface area contributed by atoms with E-state index >= 15 is 0 Å². The molecule has 34 heavy (non-hydrogen) atoms. The number of nitrogens with zero attached hydrogens (tertiary/aromatic N) is 2. The van der Waals surface area contributed by atoms with Gasteiger partial charge in [0.05, 0.1) is 5.92 Å². The van der Waals surface area contributed by atoms with Crippen molar-refractivity contribution in [3.8, 4) is 0 Å². The Labute approximate surface area is 203 Å². The molecule has 1 N–H and O–H groups in total. The van der Waals surface area contributed by atoms with Crippen molar-refractivity contribution in [2.45, 2.75) is 39.2 Å². The molecule has 4 nitrogen and oxygen atoms in total. The summed E-state index contributed by atoms with van der Waals surface area (Å²) >= 11 is 0. The summed E-state index contributed by atoms with van der Waals surface area (Å²) in [6, 6.07) is 6.82. The highest BCUT2D eigenvalue weighted by molar-refractivity contribution is 5.99. The van der Waals surface area contributed by atoms with Crippen molar-refractivity contribution in [3.05, 3.63) is 65.9 Å². The number of aromatic amines is 1. The molecule has 1 amide bonds. The van der Waals surface area contributed by atoms with Crippen LogP contribution in [0.1, 0.15) is 37.8 Å². The summed E-state index contributed by atoms with van der Waals surface area (Å²) in [6.07, 6.45) is 17.9. The third-order valence-electron chi connectivity index (χ3n) is 9.12. The molecule has 2 bridgehead atoms. The van der Waals surface area contributed by atoms with Crippen LogP contribution in [0.25, 0.3) is 16.5 Å². The predicted molar refractivity (Wildman–Crippen MR) is 139 cm³/mol. The molecule has 1 aliphatic heterocycles. The second-order valence-corrected chi connectivity index (χ2v) is 10.8. The number of likely N-dealkylation sites (N-methyl/N-ethyl adjacent to an activating group) is 1. The zero-order chi connectivity index (χ0) is 23.4. The first kappa shape index (κ1) is 21.9.